The lowest BCUT2D eigenvalue weighted by atomic mass is 10.1. The molecule has 0 bridgehead atoms. The van der Waals surface area contributed by atoms with Crippen LogP contribution in [0.5, 0.6) is 0 Å². The van der Waals surface area contributed by atoms with Crippen molar-refractivity contribution in [1.82, 2.24) is 25.1 Å². The number of aromatic amines is 1. The average molecular weight is 408 g/mol. The topological polar surface area (TPSA) is 73.0 Å². The minimum atomic E-state index is 0.777. The van der Waals surface area contributed by atoms with E-state index in [9.17, 15) is 0 Å². The lowest BCUT2D eigenvalue weighted by Crippen LogP contribution is -2.45. The van der Waals surface area contributed by atoms with Gasteiger partial charge < -0.3 is 15.1 Å². The summed E-state index contributed by atoms with van der Waals surface area (Å²) in [5.41, 5.74) is 3.34. The maximum Gasteiger partial charge on any atom is 0.227 e. The molecule has 3 heterocycles. The molecule has 160 valence electrons. The highest BCUT2D eigenvalue weighted by atomic mass is 15.3. The van der Waals surface area contributed by atoms with Gasteiger partial charge in [0.05, 0.1) is 5.69 Å². The van der Waals surface area contributed by atoms with E-state index in [1.54, 1.807) is 0 Å². The second kappa shape index (κ2) is 10.7. The number of nitrogens with one attached hydrogen (secondary N) is 2. The predicted octanol–water partition coefficient (Wildman–Crippen LogP) is 3.87. The lowest BCUT2D eigenvalue weighted by Gasteiger charge is -2.32. The highest BCUT2D eigenvalue weighted by Crippen LogP contribution is 2.21. The van der Waals surface area contributed by atoms with Gasteiger partial charge in [-0.1, -0.05) is 51.1 Å². The quantitative estimate of drug-likeness (QED) is 0.646. The van der Waals surface area contributed by atoms with Gasteiger partial charge in [-0.3, -0.25) is 5.10 Å². The Morgan fingerprint density at radius 3 is 2.37 bits per heavy atom. The molecule has 0 aliphatic carbocycles. The Labute approximate surface area is 179 Å². The van der Waals surface area contributed by atoms with Crippen LogP contribution >= 0.6 is 0 Å². The molecule has 1 aliphatic heterocycles. The van der Waals surface area contributed by atoms with E-state index in [1.165, 1.54) is 5.56 Å². The van der Waals surface area contributed by atoms with Crippen LogP contribution in [0.2, 0.25) is 0 Å². The standard InChI is InChI=1S/C21H27N7.C2H6/c1-3-17-14-20(26-25-17)23-19-15-18(13-16-7-5-4-6-8-16)22-21(24-19)28-11-9-27(2)10-12-28;1-2/h4-8,14-15H,3,9-13H2,1-2H3,(H2,22,23,24,25,26);1-2H3. The maximum absolute atomic E-state index is 4.87. The minimum absolute atomic E-state index is 0.777. The van der Waals surface area contributed by atoms with Gasteiger partial charge in [-0.05, 0) is 19.0 Å². The second-order valence-electron chi connectivity index (χ2n) is 7.25. The van der Waals surface area contributed by atoms with Crippen molar-refractivity contribution in [2.75, 3.05) is 43.4 Å². The van der Waals surface area contributed by atoms with Crippen LogP contribution in [0, 0.1) is 0 Å². The van der Waals surface area contributed by atoms with E-state index in [4.69, 9.17) is 9.97 Å². The maximum atomic E-state index is 4.87. The number of anilines is 3. The number of hydrogen-bond acceptors (Lipinski definition) is 6. The highest BCUT2D eigenvalue weighted by molar-refractivity contribution is 5.55. The van der Waals surface area contributed by atoms with Crippen molar-refractivity contribution < 1.29 is 0 Å². The number of likely N-dealkylation sites (N-methyl/N-ethyl adjacent to an activating group) is 1. The number of rotatable bonds is 6. The molecule has 3 aromatic rings. The van der Waals surface area contributed by atoms with Crippen LogP contribution in [0.1, 0.15) is 37.7 Å². The van der Waals surface area contributed by atoms with E-state index in [-0.39, 0.29) is 0 Å². The number of nitrogens with zero attached hydrogens (tertiary/aromatic N) is 5. The predicted molar refractivity (Wildman–Crippen MR) is 124 cm³/mol. The van der Waals surface area contributed by atoms with Crippen molar-refractivity contribution in [1.29, 1.82) is 0 Å². The molecular formula is C23H33N7. The summed E-state index contributed by atoms with van der Waals surface area (Å²) in [5, 5.41) is 10.7. The normalized spacial score (nSPS) is 14.2. The lowest BCUT2D eigenvalue weighted by molar-refractivity contribution is 0.311. The van der Waals surface area contributed by atoms with Crippen LogP contribution in [0.25, 0.3) is 0 Å². The van der Waals surface area contributed by atoms with Gasteiger partial charge in [0.15, 0.2) is 5.82 Å². The average Bonchev–Trinajstić information content (AvgIpc) is 3.24. The summed E-state index contributed by atoms with van der Waals surface area (Å²) in [6.45, 7) is 10.0. The second-order valence-corrected chi connectivity index (χ2v) is 7.25. The fourth-order valence-electron chi connectivity index (χ4n) is 3.33. The molecule has 0 atom stereocenters. The molecule has 4 rings (SSSR count). The van der Waals surface area contributed by atoms with Crippen LogP contribution in [0.3, 0.4) is 0 Å². The van der Waals surface area contributed by atoms with Crippen molar-refractivity contribution in [3.63, 3.8) is 0 Å². The highest BCUT2D eigenvalue weighted by Gasteiger charge is 2.18. The Hall–Kier alpha value is -2.93. The fourth-order valence-corrected chi connectivity index (χ4v) is 3.33. The first-order valence-electron chi connectivity index (χ1n) is 10.9. The third kappa shape index (κ3) is 5.79. The molecule has 0 amide bonds. The van der Waals surface area contributed by atoms with Crippen LogP contribution in [0.15, 0.2) is 42.5 Å². The summed E-state index contributed by atoms with van der Waals surface area (Å²) in [4.78, 5) is 14.3. The first kappa shape index (κ1) is 21.8. The zero-order chi connectivity index (χ0) is 21.3. The van der Waals surface area contributed by atoms with E-state index < -0.39 is 0 Å². The van der Waals surface area contributed by atoms with Crippen molar-refractivity contribution in [2.24, 2.45) is 0 Å². The minimum Gasteiger partial charge on any atom is -0.338 e. The Morgan fingerprint density at radius 2 is 1.70 bits per heavy atom. The summed E-state index contributed by atoms with van der Waals surface area (Å²) in [6.07, 6.45) is 1.70. The molecule has 0 radical (unpaired) electrons. The van der Waals surface area contributed by atoms with E-state index in [2.05, 4.69) is 63.6 Å². The molecule has 1 saturated heterocycles. The first-order chi connectivity index (χ1) is 14.7. The summed E-state index contributed by atoms with van der Waals surface area (Å²) < 4.78 is 0. The number of hydrogen-bond donors (Lipinski definition) is 2. The van der Waals surface area contributed by atoms with Crippen LogP contribution in [0.4, 0.5) is 17.6 Å². The smallest absolute Gasteiger partial charge is 0.227 e. The van der Waals surface area contributed by atoms with Gasteiger partial charge in [0.25, 0.3) is 0 Å². The van der Waals surface area contributed by atoms with Crippen molar-refractivity contribution in [3.05, 3.63) is 59.4 Å². The van der Waals surface area contributed by atoms with Crippen molar-refractivity contribution in [3.8, 4) is 0 Å². The molecule has 1 aromatic carbocycles. The van der Waals surface area contributed by atoms with Crippen LogP contribution in [-0.4, -0.2) is 58.3 Å². The molecule has 7 nitrogen and oxygen atoms in total. The van der Waals surface area contributed by atoms with Crippen LogP contribution in [-0.2, 0) is 12.8 Å². The molecule has 1 fully saturated rings. The van der Waals surface area contributed by atoms with Gasteiger partial charge in [-0.25, -0.2) is 4.98 Å². The summed E-state index contributed by atoms with van der Waals surface area (Å²) in [6, 6.07) is 14.5. The van der Waals surface area contributed by atoms with Gasteiger partial charge >= 0.3 is 0 Å². The molecule has 0 unspecified atom stereocenters. The molecule has 30 heavy (non-hydrogen) atoms. The molecule has 0 saturated carbocycles. The monoisotopic (exact) mass is 407 g/mol. The SMILES string of the molecule is CC.CCc1cc(Nc2cc(Cc3ccccc3)nc(N3CCN(C)CC3)n2)n[nH]1. The van der Waals surface area contributed by atoms with Crippen molar-refractivity contribution >= 4 is 17.6 Å². The Balaban J connectivity index is 0.00000124. The Kier molecular flexibility index (Phi) is 7.79. The number of aryl methyl sites for hydroxylation is 1. The number of piperazine rings is 1. The van der Waals surface area contributed by atoms with Gasteiger partial charge in [-0.15, -0.1) is 0 Å². The van der Waals surface area contributed by atoms with E-state index in [1.807, 2.05) is 32.0 Å². The fraction of sp³-hybridized carbons (Fsp3) is 0.435. The first-order valence-corrected chi connectivity index (χ1v) is 10.9. The van der Waals surface area contributed by atoms with E-state index in [0.717, 1.165) is 68.0 Å². The van der Waals surface area contributed by atoms with E-state index >= 15 is 0 Å². The molecule has 2 aromatic heterocycles. The number of benzene rings is 1. The molecule has 7 heteroatoms. The third-order valence-corrected chi connectivity index (χ3v) is 5.05. The van der Waals surface area contributed by atoms with Crippen LogP contribution < -0.4 is 10.2 Å². The summed E-state index contributed by atoms with van der Waals surface area (Å²) in [5.74, 6) is 2.35. The largest absolute Gasteiger partial charge is 0.338 e. The zero-order valence-electron chi connectivity index (χ0n) is 18.5. The summed E-state index contributed by atoms with van der Waals surface area (Å²) >= 11 is 0. The zero-order valence-corrected chi connectivity index (χ0v) is 18.5. The van der Waals surface area contributed by atoms with Gasteiger partial charge in [0.2, 0.25) is 5.95 Å². The van der Waals surface area contributed by atoms with Gasteiger partial charge in [-0.2, -0.15) is 10.1 Å². The molecule has 0 spiro atoms. The van der Waals surface area contributed by atoms with E-state index in [0.29, 0.717) is 0 Å². The molecule has 1 aliphatic rings. The summed E-state index contributed by atoms with van der Waals surface area (Å²) in [7, 11) is 2.15. The number of H-pyrrole nitrogens is 1. The molecule has 2 N–H and O–H groups in total. The third-order valence-electron chi connectivity index (χ3n) is 5.05. The van der Waals surface area contributed by atoms with Gasteiger partial charge in [0, 0.05) is 50.4 Å². The number of aromatic nitrogens is 4. The van der Waals surface area contributed by atoms with Crippen molar-refractivity contribution in [2.45, 2.75) is 33.6 Å². The Morgan fingerprint density at radius 1 is 0.967 bits per heavy atom. The molecular weight excluding hydrogens is 374 g/mol. The Bertz CT molecular complexity index is 899. The van der Waals surface area contributed by atoms with Gasteiger partial charge in [0.1, 0.15) is 5.82 Å².